The quantitative estimate of drug-likeness (QED) is 0.806. The largest absolute Gasteiger partial charge is 0.478 e. The number of hydrogen-bond acceptors (Lipinski definition) is 3. The lowest BCUT2D eigenvalue weighted by Crippen LogP contribution is -2.03. The van der Waals surface area contributed by atoms with Crippen molar-refractivity contribution < 1.29 is 4.74 Å². The number of pyridine rings is 1. The van der Waals surface area contributed by atoms with Crippen molar-refractivity contribution in [2.75, 3.05) is 13.2 Å². The van der Waals surface area contributed by atoms with Crippen LogP contribution in [-0.4, -0.2) is 18.1 Å². The molecule has 13 heavy (non-hydrogen) atoms. The maximum absolute atomic E-state index is 5.39. The molecule has 1 rings (SSSR count). The molecular formula is C9H13BrN2O. The Kier molecular flexibility index (Phi) is 4.78. The molecule has 0 bridgehead atoms. The van der Waals surface area contributed by atoms with Crippen molar-refractivity contribution in [3.05, 3.63) is 22.8 Å². The van der Waals surface area contributed by atoms with Gasteiger partial charge in [-0.1, -0.05) is 15.9 Å². The molecule has 3 nitrogen and oxygen atoms in total. The second kappa shape index (κ2) is 5.94. The van der Waals surface area contributed by atoms with Gasteiger partial charge in [0.2, 0.25) is 5.88 Å². The standard InChI is InChI=1S/C9H13BrN2O/c10-8-3-5-12-9(7-8)13-6-2-1-4-11/h3,5,7H,1-2,4,6,11H2. The average molecular weight is 245 g/mol. The van der Waals surface area contributed by atoms with Gasteiger partial charge in [0.15, 0.2) is 0 Å². The predicted molar refractivity (Wildman–Crippen MR) is 55.7 cm³/mol. The number of rotatable bonds is 5. The molecule has 0 fully saturated rings. The van der Waals surface area contributed by atoms with Gasteiger partial charge < -0.3 is 10.5 Å². The fraction of sp³-hybridized carbons (Fsp3) is 0.444. The van der Waals surface area contributed by atoms with Crippen LogP contribution < -0.4 is 10.5 Å². The molecular weight excluding hydrogens is 232 g/mol. The van der Waals surface area contributed by atoms with E-state index in [4.69, 9.17) is 10.5 Å². The normalized spacial score (nSPS) is 10.0. The highest BCUT2D eigenvalue weighted by molar-refractivity contribution is 9.10. The minimum absolute atomic E-state index is 0.659. The van der Waals surface area contributed by atoms with E-state index in [9.17, 15) is 0 Å². The zero-order chi connectivity index (χ0) is 9.52. The van der Waals surface area contributed by atoms with Crippen molar-refractivity contribution >= 4 is 15.9 Å². The van der Waals surface area contributed by atoms with Crippen LogP contribution in [0.15, 0.2) is 22.8 Å². The van der Waals surface area contributed by atoms with Crippen molar-refractivity contribution in [2.45, 2.75) is 12.8 Å². The Balaban J connectivity index is 2.28. The number of nitrogens with zero attached hydrogens (tertiary/aromatic N) is 1. The summed E-state index contributed by atoms with van der Waals surface area (Å²) in [4.78, 5) is 4.05. The summed E-state index contributed by atoms with van der Waals surface area (Å²) >= 11 is 3.34. The number of nitrogens with two attached hydrogens (primary N) is 1. The molecule has 0 atom stereocenters. The van der Waals surface area contributed by atoms with Crippen LogP contribution in [-0.2, 0) is 0 Å². The molecule has 0 spiro atoms. The molecule has 1 aromatic heterocycles. The van der Waals surface area contributed by atoms with Gasteiger partial charge in [-0.25, -0.2) is 4.98 Å². The Morgan fingerprint density at radius 2 is 2.31 bits per heavy atom. The Labute approximate surface area is 86.4 Å². The summed E-state index contributed by atoms with van der Waals surface area (Å²) in [6.45, 7) is 1.40. The molecule has 0 aromatic carbocycles. The SMILES string of the molecule is NCCCCOc1cc(Br)ccn1. The number of unbranched alkanes of at least 4 members (excludes halogenated alkanes) is 1. The Morgan fingerprint density at radius 1 is 1.46 bits per heavy atom. The van der Waals surface area contributed by atoms with Crippen LogP contribution in [0.25, 0.3) is 0 Å². The first-order valence-electron chi connectivity index (χ1n) is 4.27. The average Bonchev–Trinajstić information content (AvgIpc) is 2.13. The fourth-order valence-electron chi connectivity index (χ4n) is 0.887. The van der Waals surface area contributed by atoms with E-state index in [0.29, 0.717) is 12.5 Å². The molecule has 0 unspecified atom stereocenters. The first-order valence-corrected chi connectivity index (χ1v) is 5.06. The molecule has 0 aliphatic heterocycles. The van der Waals surface area contributed by atoms with E-state index < -0.39 is 0 Å². The van der Waals surface area contributed by atoms with E-state index in [1.54, 1.807) is 6.20 Å². The van der Waals surface area contributed by atoms with Crippen LogP contribution in [0.4, 0.5) is 0 Å². The molecule has 1 aromatic rings. The lowest BCUT2D eigenvalue weighted by molar-refractivity contribution is 0.296. The first kappa shape index (κ1) is 10.5. The van der Waals surface area contributed by atoms with E-state index >= 15 is 0 Å². The smallest absolute Gasteiger partial charge is 0.214 e. The van der Waals surface area contributed by atoms with Crippen LogP contribution in [0.1, 0.15) is 12.8 Å². The van der Waals surface area contributed by atoms with Crippen molar-refractivity contribution in [1.82, 2.24) is 4.98 Å². The summed E-state index contributed by atoms with van der Waals surface area (Å²) in [7, 11) is 0. The molecule has 4 heteroatoms. The second-order valence-corrected chi connectivity index (χ2v) is 3.57. The van der Waals surface area contributed by atoms with Gasteiger partial charge in [0.25, 0.3) is 0 Å². The van der Waals surface area contributed by atoms with E-state index in [-0.39, 0.29) is 0 Å². The second-order valence-electron chi connectivity index (χ2n) is 2.66. The molecule has 0 radical (unpaired) electrons. The third kappa shape index (κ3) is 4.24. The summed E-state index contributed by atoms with van der Waals surface area (Å²) in [5, 5.41) is 0. The molecule has 0 saturated carbocycles. The van der Waals surface area contributed by atoms with E-state index in [2.05, 4.69) is 20.9 Å². The minimum Gasteiger partial charge on any atom is -0.478 e. The molecule has 2 N–H and O–H groups in total. The third-order valence-electron chi connectivity index (χ3n) is 1.55. The summed E-state index contributed by atoms with van der Waals surface area (Å²) in [5.74, 6) is 0.659. The highest BCUT2D eigenvalue weighted by Crippen LogP contribution is 2.14. The predicted octanol–water partition coefficient (Wildman–Crippen LogP) is 1.96. The molecule has 0 saturated heterocycles. The van der Waals surface area contributed by atoms with Gasteiger partial charge in [0.1, 0.15) is 0 Å². The van der Waals surface area contributed by atoms with Crippen molar-refractivity contribution in [3.8, 4) is 5.88 Å². The van der Waals surface area contributed by atoms with Gasteiger partial charge in [-0.15, -0.1) is 0 Å². The molecule has 1 heterocycles. The van der Waals surface area contributed by atoms with Gasteiger partial charge in [0.05, 0.1) is 6.61 Å². The molecule has 0 aliphatic rings. The van der Waals surface area contributed by atoms with Crippen molar-refractivity contribution in [2.24, 2.45) is 5.73 Å². The molecule has 0 amide bonds. The molecule has 72 valence electrons. The Hall–Kier alpha value is -0.610. The van der Waals surface area contributed by atoms with Crippen molar-refractivity contribution in [3.63, 3.8) is 0 Å². The van der Waals surface area contributed by atoms with Gasteiger partial charge in [-0.3, -0.25) is 0 Å². The van der Waals surface area contributed by atoms with Gasteiger partial charge in [0, 0.05) is 16.7 Å². The van der Waals surface area contributed by atoms with Crippen LogP contribution >= 0.6 is 15.9 Å². The van der Waals surface area contributed by atoms with Crippen LogP contribution in [0.5, 0.6) is 5.88 Å². The maximum Gasteiger partial charge on any atom is 0.214 e. The van der Waals surface area contributed by atoms with Gasteiger partial charge >= 0.3 is 0 Å². The van der Waals surface area contributed by atoms with Crippen LogP contribution in [0, 0.1) is 0 Å². The zero-order valence-electron chi connectivity index (χ0n) is 7.37. The van der Waals surface area contributed by atoms with Crippen LogP contribution in [0.3, 0.4) is 0 Å². The van der Waals surface area contributed by atoms with Crippen molar-refractivity contribution in [1.29, 1.82) is 0 Å². The highest BCUT2D eigenvalue weighted by atomic mass is 79.9. The summed E-state index contributed by atoms with van der Waals surface area (Å²) < 4.78 is 6.37. The summed E-state index contributed by atoms with van der Waals surface area (Å²) in [6, 6.07) is 3.72. The topological polar surface area (TPSA) is 48.1 Å². The number of hydrogen-bond donors (Lipinski definition) is 1. The summed E-state index contributed by atoms with van der Waals surface area (Å²) in [5.41, 5.74) is 5.35. The zero-order valence-corrected chi connectivity index (χ0v) is 8.96. The van der Waals surface area contributed by atoms with Gasteiger partial charge in [-0.2, -0.15) is 0 Å². The van der Waals surface area contributed by atoms with E-state index in [0.717, 1.165) is 23.9 Å². The summed E-state index contributed by atoms with van der Waals surface area (Å²) in [6.07, 6.45) is 3.68. The highest BCUT2D eigenvalue weighted by Gasteiger charge is 1.95. The molecule has 0 aliphatic carbocycles. The minimum atomic E-state index is 0.659. The van der Waals surface area contributed by atoms with Crippen LogP contribution in [0.2, 0.25) is 0 Å². The number of halogens is 1. The lowest BCUT2D eigenvalue weighted by atomic mass is 10.3. The first-order chi connectivity index (χ1) is 6.33. The fourth-order valence-corrected chi connectivity index (χ4v) is 1.20. The number of aromatic nitrogens is 1. The monoisotopic (exact) mass is 244 g/mol. The van der Waals surface area contributed by atoms with Gasteiger partial charge in [-0.05, 0) is 25.5 Å². The third-order valence-corrected chi connectivity index (χ3v) is 2.04. The van der Waals surface area contributed by atoms with E-state index in [1.807, 2.05) is 12.1 Å². The Bertz CT molecular complexity index is 255. The maximum atomic E-state index is 5.39. The number of ether oxygens (including phenoxy) is 1. The van der Waals surface area contributed by atoms with E-state index in [1.165, 1.54) is 0 Å². The lowest BCUT2D eigenvalue weighted by Gasteiger charge is -2.03. The Morgan fingerprint density at radius 3 is 3.00 bits per heavy atom.